The number of alkyl carbamates (subject to hydrolysis) is 1. The molecule has 4 aromatic rings. The fourth-order valence-electron chi connectivity index (χ4n) is 3.88. The molecule has 0 saturated heterocycles. The zero-order valence-electron chi connectivity index (χ0n) is 20.5. The molecule has 3 aromatic heterocycles. The second-order valence-electron chi connectivity index (χ2n) is 9.29. The van der Waals surface area contributed by atoms with Gasteiger partial charge in [0.1, 0.15) is 5.60 Å². The van der Waals surface area contributed by atoms with E-state index in [4.69, 9.17) is 10.5 Å². The van der Waals surface area contributed by atoms with Crippen LogP contribution in [0.4, 0.5) is 10.7 Å². The fraction of sp³-hybridized carbons (Fsp3) is 0.320. The van der Waals surface area contributed by atoms with Gasteiger partial charge in [-0.3, -0.25) is 4.98 Å². The molecule has 35 heavy (non-hydrogen) atoms. The van der Waals surface area contributed by atoms with Crippen LogP contribution in [-0.4, -0.2) is 42.4 Å². The average Bonchev–Trinajstić information content (AvgIpc) is 3.09. The highest BCUT2D eigenvalue weighted by Crippen LogP contribution is 2.34. The molecular formula is C25H29N7O3. The lowest BCUT2D eigenvalue weighted by Crippen LogP contribution is -2.35. The minimum atomic E-state index is -0.617. The smallest absolute Gasteiger partial charge is 0.407 e. The van der Waals surface area contributed by atoms with E-state index >= 15 is 0 Å². The summed E-state index contributed by atoms with van der Waals surface area (Å²) in [6.45, 7) is 9.45. The van der Waals surface area contributed by atoms with Crippen LogP contribution in [0.1, 0.15) is 32.2 Å². The summed E-state index contributed by atoms with van der Waals surface area (Å²) >= 11 is 0. The van der Waals surface area contributed by atoms with Crippen molar-refractivity contribution in [2.45, 2.75) is 46.8 Å². The highest BCUT2D eigenvalue weighted by molar-refractivity contribution is 5.90. The third-order valence-electron chi connectivity index (χ3n) is 5.16. The van der Waals surface area contributed by atoms with Crippen molar-refractivity contribution in [3.63, 3.8) is 0 Å². The van der Waals surface area contributed by atoms with Crippen LogP contribution in [0.25, 0.3) is 28.0 Å². The predicted molar refractivity (Wildman–Crippen MR) is 134 cm³/mol. The van der Waals surface area contributed by atoms with Crippen LogP contribution < -0.4 is 16.7 Å². The zero-order valence-corrected chi connectivity index (χ0v) is 20.5. The number of nitrogen functional groups attached to an aromatic ring is 1. The molecule has 0 aliphatic rings. The van der Waals surface area contributed by atoms with Gasteiger partial charge in [-0.25, -0.2) is 23.7 Å². The summed E-state index contributed by atoms with van der Waals surface area (Å²) in [4.78, 5) is 34.3. The molecule has 3 heterocycles. The van der Waals surface area contributed by atoms with Gasteiger partial charge in [-0.05, 0) is 52.3 Å². The number of hydrogen-bond donors (Lipinski definition) is 2. The summed E-state index contributed by atoms with van der Waals surface area (Å²) in [7, 11) is 0. The Kier molecular flexibility index (Phi) is 6.29. The van der Waals surface area contributed by atoms with Crippen molar-refractivity contribution >= 4 is 17.7 Å². The second kappa shape index (κ2) is 9.21. The second-order valence-corrected chi connectivity index (χ2v) is 9.29. The van der Waals surface area contributed by atoms with Crippen LogP contribution in [0, 0.1) is 13.8 Å². The molecule has 0 atom stereocenters. The first-order chi connectivity index (χ1) is 16.5. The van der Waals surface area contributed by atoms with Gasteiger partial charge in [0.05, 0.1) is 17.8 Å². The van der Waals surface area contributed by atoms with Gasteiger partial charge in [0.2, 0.25) is 5.95 Å². The van der Waals surface area contributed by atoms with E-state index in [-0.39, 0.29) is 19.0 Å². The van der Waals surface area contributed by atoms with Crippen LogP contribution in [0.2, 0.25) is 0 Å². The Balaban J connectivity index is 1.83. The van der Waals surface area contributed by atoms with E-state index < -0.39 is 17.4 Å². The third-order valence-corrected chi connectivity index (χ3v) is 5.16. The number of carbonyl (C=O) groups excluding carboxylic acids is 1. The minimum absolute atomic E-state index is 0.0291. The molecule has 0 radical (unpaired) electrons. The van der Waals surface area contributed by atoms with Crippen LogP contribution in [0.5, 0.6) is 0 Å². The largest absolute Gasteiger partial charge is 0.444 e. The molecule has 0 aliphatic carbocycles. The molecule has 0 aliphatic heterocycles. The fourth-order valence-corrected chi connectivity index (χ4v) is 3.88. The maximum absolute atomic E-state index is 13.2. The summed E-state index contributed by atoms with van der Waals surface area (Å²) in [5.41, 5.74) is 10.2. The predicted octanol–water partition coefficient (Wildman–Crippen LogP) is 3.34. The summed E-state index contributed by atoms with van der Waals surface area (Å²) in [6, 6.07) is 13.5. The van der Waals surface area contributed by atoms with Gasteiger partial charge in [-0.2, -0.15) is 0 Å². The van der Waals surface area contributed by atoms with E-state index in [1.54, 1.807) is 20.8 Å². The maximum Gasteiger partial charge on any atom is 0.407 e. The Morgan fingerprint density at radius 3 is 2.34 bits per heavy atom. The van der Waals surface area contributed by atoms with Crippen LogP contribution >= 0.6 is 0 Å². The normalized spacial score (nSPS) is 11.6. The summed E-state index contributed by atoms with van der Waals surface area (Å²) in [5, 5.41) is 7.25. The van der Waals surface area contributed by atoms with Crippen molar-refractivity contribution in [2.75, 3.05) is 12.3 Å². The van der Waals surface area contributed by atoms with E-state index in [1.165, 1.54) is 9.08 Å². The van der Waals surface area contributed by atoms with Crippen molar-refractivity contribution < 1.29 is 9.53 Å². The number of pyridine rings is 1. The molecule has 4 rings (SSSR count). The molecule has 0 spiro atoms. The monoisotopic (exact) mass is 475 g/mol. The van der Waals surface area contributed by atoms with Crippen molar-refractivity contribution in [3.8, 4) is 22.4 Å². The Hall–Kier alpha value is -4.21. The number of fused-ring (bicyclic) bond motifs is 1. The standard InChI is InChI=1S/C25H29N7O3/c1-15-13-18(14-16(2)28-15)19-20(17-9-7-6-8-10-17)29-22(26)32-21(19)30-31(24(32)34)12-11-27-23(33)35-25(3,4)5/h6-10,13-14H,11-12H2,1-5H3,(H2,26,29)(H,27,33). The van der Waals surface area contributed by atoms with Gasteiger partial charge < -0.3 is 15.8 Å². The number of aryl methyl sites for hydroxylation is 2. The molecule has 0 bridgehead atoms. The highest BCUT2D eigenvalue weighted by Gasteiger charge is 2.22. The number of nitrogens with one attached hydrogen (secondary N) is 1. The lowest BCUT2D eigenvalue weighted by molar-refractivity contribution is 0.0525. The minimum Gasteiger partial charge on any atom is -0.444 e. The first kappa shape index (κ1) is 23.9. The van der Waals surface area contributed by atoms with Crippen LogP contribution in [0.3, 0.4) is 0 Å². The van der Waals surface area contributed by atoms with Crippen molar-refractivity contribution in [1.29, 1.82) is 0 Å². The topological polar surface area (TPSA) is 129 Å². The average molecular weight is 476 g/mol. The SMILES string of the molecule is Cc1cc(-c2c(-c3ccccc3)nc(N)n3c(=O)n(CCNC(=O)OC(C)(C)C)nc23)cc(C)n1. The Morgan fingerprint density at radius 1 is 1.06 bits per heavy atom. The molecule has 1 amide bonds. The van der Waals surface area contributed by atoms with Crippen LogP contribution in [0.15, 0.2) is 47.3 Å². The molecule has 1 aromatic carbocycles. The number of aromatic nitrogens is 5. The molecule has 0 unspecified atom stereocenters. The molecule has 3 N–H and O–H groups in total. The van der Waals surface area contributed by atoms with Crippen LogP contribution in [-0.2, 0) is 11.3 Å². The van der Waals surface area contributed by atoms with E-state index in [0.29, 0.717) is 16.9 Å². The Labute approximate surface area is 202 Å². The van der Waals surface area contributed by atoms with Crippen molar-refractivity contribution in [1.82, 2.24) is 29.5 Å². The van der Waals surface area contributed by atoms with Gasteiger partial charge in [0, 0.05) is 23.5 Å². The Bertz CT molecular complexity index is 1430. The summed E-state index contributed by atoms with van der Waals surface area (Å²) < 4.78 is 7.81. The number of nitrogens with zero attached hydrogens (tertiary/aromatic N) is 5. The molecule has 10 nitrogen and oxygen atoms in total. The molecule has 0 fully saturated rings. The molecule has 182 valence electrons. The first-order valence-corrected chi connectivity index (χ1v) is 11.3. The lowest BCUT2D eigenvalue weighted by Gasteiger charge is -2.19. The quantitative estimate of drug-likeness (QED) is 0.453. The molecular weight excluding hydrogens is 446 g/mol. The number of rotatable bonds is 5. The molecule has 0 saturated carbocycles. The maximum atomic E-state index is 13.2. The summed E-state index contributed by atoms with van der Waals surface area (Å²) in [5.74, 6) is 0.0291. The first-order valence-electron chi connectivity index (χ1n) is 11.3. The number of carbonyl (C=O) groups is 1. The number of benzene rings is 1. The highest BCUT2D eigenvalue weighted by atomic mass is 16.6. The lowest BCUT2D eigenvalue weighted by atomic mass is 9.99. The van der Waals surface area contributed by atoms with Gasteiger partial charge in [-0.15, -0.1) is 5.10 Å². The number of anilines is 1. The molecule has 10 heteroatoms. The van der Waals surface area contributed by atoms with E-state index in [9.17, 15) is 9.59 Å². The Morgan fingerprint density at radius 2 is 1.71 bits per heavy atom. The van der Waals surface area contributed by atoms with Gasteiger partial charge in [0.15, 0.2) is 5.65 Å². The van der Waals surface area contributed by atoms with E-state index in [2.05, 4.69) is 20.4 Å². The number of ether oxygens (including phenoxy) is 1. The van der Waals surface area contributed by atoms with Gasteiger partial charge in [0.25, 0.3) is 0 Å². The van der Waals surface area contributed by atoms with E-state index in [1.807, 2.05) is 56.3 Å². The summed E-state index contributed by atoms with van der Waals surface area (Å²) in [6.07, 6.45) is -0.565. The van der Waals surface area contributed by atoms with Crippen molar-refractivity contribution in [2.24, 2.45) is 0 Å². The van der Waals surface area contributed by atoms with E-state index in [0.717, 1.165) is 22.5 Å². The van der Waals surface area contributed by atoms with Gasteiger partial charge in [-0.1, -0.05) is 30.3 Å². The number of hydrogen-bond acceptors (Lipinski definition) is 7. The third kappa shape index (κ3) is 5.16. The van der Waals surface area contributed by atoms with Crippen molar-refractivity contribution in [3.05, 3.63) is 64.3 Å². The van der Waals surface area contributed by atoms with Gasteiger partial charge >= 0.3 is 11.8 Å². The zero-order chi connectivity index (χ0) is 25.3. The number of nitrogens with two attached hydrogens (primary N) is 1. The number of amides is 1.